The lowest BCUT2D eigenvalue weighted by Gasteiger charge is -2.31. The number of aryl methyl sites for hydroxylation is 1. The van der Waals surface area contributed by atoms with Crippen molar-refractivity contribution in [1.82, 2.24) is 51.7 Å². The maximum atomic E-state index is 15.4. The SMILES string of the molecule is CCC1(C)C(=O)N1CCCCCC(=O)NCC(=O)NCC(=O)N[C@@H](Cc1ccccc1)C(=O)NCC(=O)NCCNCC(=O)N[C@H]1CCc2c(C)c(F)cc3nc4c(c1c23)Cn1c-4cc2c(c1=O)COC(=O)[C@]2(O)CC. The number of amides is 7. The van der Waals surface area contributed by atoms with Crippen LogP contribution >= 0.6 is 0 Å². The van der Waals surface area contributed by atoms with E-state index in [2.05, 4.69) is 37.2 Å². The summed E-state index contributed by atoms with van der Waals surface area (Å²) in [4.78, 5) is 123. The summed E-state index contributed by atoms with van der Waals surface area (Å²) < 4.78 is 22.1. The summed E-state index contributed by atoms with van der Waals surface area (Å²) in [5.74, 6) is -4.27. The number of aliphatic hydroxyl groups is 1. The van der Waals surface area contributed by atoms with Crippen LogP contribution < -0.4 is 42.8 Å². The second kappa shape index (κ2) is 23.1. The molecule has 1 unspecified atom stereocenters. The molecule has 0 bridgehead atoms. The molecule has 404 valence electrons. The number of unbranched alkanes of at least 4 members (excludes halogenated alkanes) is 2. The van der Waals surface area contributed by atoms with Crippen molar-refractivity contribution in [2.24, 2.45) is 0 Å². The molecule has 2 aromatic heterocycles. The molecule has 8 N–H and O–H groups in total. The van der Waals surface area contributed by atoms with Crippen molar-refractivity contribution < 1.29 is 52.6 Å². The average molecular weight is 1050 g/mol. The van der Waals surface area contributed by atoms with Crippen LogP contribution in [0.3, 0.4) is 0 Å². The summed E-state index contributed by atoms with van der Waals surface area (Å²) in [5.41, 5.74) is 1.90. The summed E-state index contributed by atoms with van der Waals surface area (Å²) in [6.07, 6.45) is 4.02. The molecule has 2 aromatic carbocycles. The Morgan fingerprint density at radius 1 is 0.842 bits per heavy atom. The van der Waals surface area contributed by atoms with Crippen LogP contribution in [0.25, 0.3) is 22.3 Å². The molecule has 1 aliphatic carbocycles. The molecule has 5 heterocycles. The first-order valence-corrected chi connectivity index (χ1v) is 25.9. The van der Waals surface area contributed by atoms with Crippen LogP contribution in [0.2, 0.25) is 0 Å². The standard InChI is InChI=1S/C54H65FN10O11/c1-5-53(4)51(73)65(53)20-12-8-11-15-41(66)58-25-43(68)59-27-45(70)62-39(21-31-13-9-7-10-14-31)49(71)60-26-42(67)57-19-18-56-24-44(69)61-37-17-16-32-30(3)36(55)23-38-46(32)47(37)33-28-64-40(48(33)63-38)22-35-34(50(64)72)29-76-52(74)54(35,75)6-2/h7,9-10,13-14,22-23,37,39,56,75H,5-6,8,11-12,15-21,24-29H2,1-4H3,(H,57,67)(H,58,66)(H,59,68)(H,60,71)(H,61,69)(H,62,70)/t37-,39-,53?,54-,65?/m0/s1. The smallest absolute Gasteiger partial charge is 0.343 e. The van der Waals surface area contributed by atoms with Crippen LogP contribution in [-0.2, 0) is 74.7 Å². The number of nitrogens with zero attached hydrogens (tertiary/aromatic N) is 3. The minimum absolute atomic E-state index is 0.0325. The molecule has 4 aliphatic rings. The third-order valence-electron chi connectivity index (χ3n) is 15.1. The van der Waals surface area contributed by atoms with Crippen LogP contribution in [0.5, 0.6) is 0 Å². The third-order valence-corrected chi connectivity index (χ3v) is 15.1. The minimum Gasteiger partial charge on any atom is -0.458 e. The van der Waals surface area contributed by atoms with Crippen LogP contribution in [0.1, 0.15) is 111 Å². The van der Waals surface area contributed by atoms with E-state index in [1.807, 2.05) is 18.7 Å². The van der Waals surface area contributed by atoms with Crippen LogP contribution in [0.15, 0.2) is 47.3 Å². The van der Waals surface area contributed by atoms with Crippen molar-refractivity contribution in [2.75, 3.05) is 45.8 Å². The largest absolute Gasteiger partial charge is 0.458 e. The normalized spacial score (nSPS) is 19.1. The number of cyclic esters (lactones) is 1. The summed E-state index contributed by atoms with van der Waals surface area (Å²) in [7, 11) is 0. The summed E-state index contributed by atoms with van der Waals surface area (Å²) in [5, 5.41) is 31.0. The number of rotatable bonds is 24. The maximum absolute atomic E-state index is 15.4. The number of fused-ring (bicyclic) bond motifs is 5. The second-order valence-electron chi connectivity index (χ2n) is 20.0. The number of hydrogen-bond donors (Lipinski definition) is 8. The predicted molar refractivity (Wildman–Crippen MR) is 274 cm³/mol. The highest BCUT2D eigenvalue weighted by molar-refractivity contribution is 6.01. The van der Waals surface area contributed by atoms with Crippen molar-refractivity contribution in [3.63, 3.8) is 0 Å². The summed E-state index contributed by atoms with van der Waals surface area (Å²) in [6.45, 7) is 6.55. The van der Waals surface area contributed by atoms with Gasteiger partial charge in [0.15, 0.2) is 5.60 Å². The van der Waals surface area contributed by atoms with Gasteiger partial charge < -0.3 is 56.5 Å². The van der Waals surface area contributed by atoms with Gasteiger partial charge >= 0.3 is 5.97 Å². The van der Waals surface area contributed by atoms with Crippen molar-refractivity contribution in [3.05, 3.63) is 97.6 Å². The molecule has 0 radical (unpaired) electrons. The van der Waals surface area contributed by atoms with Crippen LogP contribution in [0, 0.1) is 12.7 Å². The van der Waals surface area contributed by atoms with E-state index >= 15 is 4.39 Å². The van der Waals surface area contributed by atoms with Gasteiger partial charge in [0.1, 0.15) is 24.0 Å². The first-order valence-electron chi connectivity index (χ1n) is 25.9. The quantitative estimate of drug-likeness (QED) is 0.0244. The van der Waals surface area contributed by atoms with E-state index in [9.17, 15) is 48.3 Å². The topological polar surface area (TPSA) is 288 Å². The van der Waals surface area contributed by atoms with Crippen molar-refractivity contribution in [3.8, 4) is 11.4 Å². The molecule has 21 nitrogen and oxygen atoms in total. The molecule has 3 aliphatic heterocycles. The fourth-order valence-electron chi connectivity index (χ4n) is 10.4. The second-order valence-corrected chi connectivity index (χ2v) is 20.0. The molecule has 1 saturated heterocycles. The van der Waals surface area contributed by atoms with Gasteiger partial charge in [-0.3, -0.25) is 38.4 Å². The van der Waals surface area contributed by atoms with Gasteiger partial charge in [0.25, 0.3) is 5.56 Å². The number of pyridine rings is 2. The zero-order valence-corrected chi connectivity index (χ0v) is 43.2. The van der Waals surface area contributed by atoms with E-state index < -0.39 is 71.7 Å². The van der Waals surface area contributed by atoms with Gasteiger partial charge in [-0.1, -0.05) is 50.6 Å². The average Bonchev–Trinajstić information content (AvgIpc) is 3.72. The van der Waals surface area contributed by atoms with Gasteiger partial charge in [-0.05, 0) is 80.7 Å². The number of aromatic nitrogens is 2. The Balaban J connectivity index is 0.786. The Labute approximate surface area is 437 Å². The number of esters is 1. The molecule has 22 heteroatoms. The predicted octanol–water partition coefficient (Wildman–Crippen LogP) is 0.984. The van der Waals surface area contributed by atoms with Crippen molar-refractivity contribution in [1.29, 1.82) is 0 Å². The van der Waals surface area contributed by atoms with Gasteiger partial charge in [0.2, 0.25) is 41.4 Å². The molecule has 76 heavy (non-hydrogen) atoms. The Bertz CT molecular complexity index is 3060. The number of hydrogen-bond acceptors (Lipinski definition) is 13. The van der Waals surface area contributed by atoms with Gasteiger partial charge in [-0.2, -0.15) is 0 Å². The molecular formula is C54H65FN10O11. The molecule has 7 amide bonds. The molecule has 4 atom stereocenters. The molecule has 8 rings (SSSR count). The highest BCUT2D eigenvalue weighted by Gasteiger charge is 2.56. The van der Waals surface area contributed by atoms with Gasteiger partial charge in [0.05, 0.1) is 61.2 Å². The lowest BCUT2D eigenvalue weighted by molar-refractivity contribution is -0.172. The number of carbonyl (C=O) groups is 8. The highest BCUT2D eigenvalue weighted by atomic mass is 19.1. The number of nitrogens with one attached hydrogen (secondary N) is 7. The summed E-state index contributed by atoms with van der Waals surface area (Å²) in [6, 6.07) is 10.2. The van der Waals surface area contributed by atoms with Gasteiger partial charge in [-0.25, -0.2) is 14.2 Å². The van der Waals surface area contributed by atoms with Crippen molar-refractivity contribution >= 4 is 58.2 Å². The van der Waals surface area contributed by atoms with E-state index in [4.69, 9.17) is 9.72 Å². The number of halogens is 1. The highest BCUT2D eigenvalue weighted by Crippen LogP contribution is 2.46. The molecule has 0 saturated carbocycles. The first-order chi connectivity index (χ1) is 36.4. The number of ether oxygens (including phenoxy) is 1. The van der Waals surface area contributed by atoms with Crippen molar-refractivity contribution in [2.45, 2.75) is 122 Å². The molecular weight excluding hydrogens is 984 g/mol. The fourth-order valence-corrected chi connectivity index (χ4v) is 10.4. The first kappa shape index (κ1) is 54.7. The van der Waals surface area contributed by atoms with Crippen LogP contribution in [-0.4, -0.2) is 124 Å². The monoisotopic (exact) mass is 1050 g/mol. The van der Waals surface area contributed by atoms with E-state index in [-0.39, 0.29) is 93.0 Å². The van der Waals surface area contributed by atoms with E-state index in [0.29, 0.717) is 64.8 Å². The number of carbonyl (C=O) groups excluding carboxylic acids is 8. The Kier molecular flexibility index (Phi) is 16.6. The summed E-state index contributed by atoms with van der Waals surface area (Å²) >= 11 is 0. The minimum atomic E-state index is -2.03. The van der Waals surface area contributed by atoms with E-state index in [1.165, 1.54) is 10.6 Å². The third kappa shape index (κ3) is 11.5. The fraction of sp³-hybridized carbons (Fsp3) is 0.481. The van der Waals surface area contributed by atoms with Gasteiger partial charge in [0, 0.05) is 55.1 Å². The lowest BCUT2D eigenvalue weighted by Crippen LogP contribution is -2.52. The zero-order chi connectivity index (χ0) is 54.5. The Morgan fingerprint density at radius 3 is 2.30 bits per heavy atom. The molecule has 1 fully saturated rings. The Morgan fingerprint density at radius 2 is 1.57 bits per heavy atom. The zero-order valence-electron chi connectivity index (χ0n) is 43.2. The number of benzene rings is 2. The van der Waals surface area contributed by atoms with E-state index in [1.54, 1.807) is 50.2 Å². The lowest BCUT2D eigenvalue weighted by atomic mass is 9.81. The van der Waals surface area contributed by atoms with Crippen LogP contribution in [0.4, 0.5) is 4.39 Å². The molecule has 4 aromatic rings. The molecule has 0 spiro atoms. The Hall–Kier alpha value is -7.59. The maximum Gasteiger partial charge on any atom is 0.343 e. The van der Waals surface area contributed by atoms with Gasteiger partial charge in [-0.15, -0.1) is 0 Å². The van der Waals surface area contributed by atoms with E-state index in [0.717, 1.165) is 30.4 Å².